The molecule has 0 saturated heterocycles. The number of benzene rings is 1. The van der Waals surface area contributed by atoms with E-state index in [1.54, 1.807) is 6.07 Å². The van der Waals surface area contributed by atoms with E-state index in [1.807, 2.05) is 0 Å². The van der Waals surface area contributed by atoms with Crippen molar-refractivity contribution < 1.29 is 18.7 Å². The van der Waals surface area contributed by atoms with E-state index >= 15 is 0 Å². The number of hydrogen-bond donors (Lipinski definition) is 2. The van der Waals surface area contributed by atoms with Crippen molar-refractivity contribution in [3.8, 4) is 0 Å². The van der Waals surface area contributed by atoms with E-state index in [2.05, 4.69) is 5.32 Å². The van der Waals surface area contributed by atoms with Crippen molar-refractivity contribution in [2.24, 2.45) is 5.92 Å². The van der Waals surface area contributed by atoms with Crippen molar-refractivity contribution in [3.63, 3.8) is 0 Å². The largest absolute Gasteiger partial charge is 0.481 e. The van der Waals surface area contributed by atoms with E-state index < -0.39 is 17.6 Å². The maximum Gasteiger partial charge on any atom is 0.306 e. The lowest BCUT2D eigenvalue weighted by Gasteiger charge is -2.27. The zero-order valence-electron chi connectivity index (χ0n) is 10.5. The van der Waals surface area contributed by atoms with Gasteiger partial charge in [-0.05, 0) is 43.4 Å². The second kappa shape index (κ2) is 6.10. The van der Waals surface area contributed by atoms with Gasteiger partial charge in [0, 0.05) is 12.6 Å². The monoisotopic (exact) mass is 269 g/mol. The minimum absolute atomic E-state index is 0.235. The Hall–Kier alpha value is -1.49. The normalized spacial score (nSPS) is 23.3. The van der Waals surface area contributed by atoms with Crippen molar-refractivity contribution in [3.05, 3.63) is 35.4 Å². The van der Waals surface area contributed by atoms with E-state index in [0.29, 0.717) is 24.9 Å². The van der Waals surface area contributed by atoms with E-state index in [-0.39, 0.29) is 12.0 Å². The van der Waals surface area contributed by atoms with Crippen LogP contribution in [0.1, 0.15) is 31.2 Å². The quantitative estimate of drug-likeness (QED) is 0.883. The highest BCUT2D eigenvalue weighted by Gasteiger charge is 2.25. The average Bonchev–Trinajstić information content (AvgIpc) is 2.40. The van der Waals surface area contributed by atoms with Crippen LogP contribution in [-0.4, -0.2) is 17.1 Å². The first-order valence-electron chi connectivity index (χ1n) is 6.46. The lowest BCUT2D eigenvalue weighted by molar-refractivity contribution is -0.142. The molecule has 5 heteroatoms. The number of carbonyl (C=O) groups is 1. The van der Waals surface area contributed by atoms with Gasteiger partial charge in [-0.3, -0.25) is 4.79 Å². The molecule has 0 heterocycles. The molecule has 1 fully saturated rings. The van der Waals surface area contributed by atoms with Gasteiger partial charge in [0.2, 0.25) is 0 Å². The molecule has 1 saturated carbocycles. The van der Waals surface area contributed by atoms with Crippen molar-refractivity contribution in [1.82, 2.24) is 5.32 Å². The smallest absolute Gasteiger partial charge is 0.306 e. The summed E-state index contributed by atoms with van der Waals surface area (Å²) in [6, 6.07) is 4.11. The minimum atomic E-state index is -0.842. The summed E-state index contributed by atoms with van der Waals surface area (Å²) < 4.78 is 25.8. The van der Waals surface area contributed by atoms with Gasteiger partial charge in [-0.2, -0.15) is 0 Å². The summed E-state index contributed by atoms with van der Waals surface area (Å²) in [4.78, 5) is 10.8. The predicted molar refractivity (Wildman–Crippen MR) is 66.6 cm³/mol. The molecule has 0 aromatic heterocycles. The number of halogens is 2. The molecule has 104 valence electrons. The highest BCUT2D eigenvalue weighted by Crippen LogP contribution is 2.24. The molecule has 2 rings (SSSR count). The minimum Gasteiger partial charge on any atom is -0.481 e. The van der Waals surface area contributed by atoms with E-state index in [4.69, 9.17) is 5.11 Å². The van der Waals surface area contributed by atoms with Gasteiger partial charge in [0.15, 0.2) is 11.6 Å². The Bertz CT molecular complexity index is 457. The molecule has 2 N–H and O–H groups in total. The number of hydrogen-bond acceptors (Lipinski definition) is 2. The second-order valence-corrected chi connectivity index (χ2v) is 5.02. The maximum absolute atomic E-state index is 13.0. The first-order valence-corrected chi connectivity index (χ1v) is 6.46. The van der Waals surface area contributed by atoms with Crippen LogP contribution in [0.5, 0.6) is 0 Å². The molecule has 0 amide bonds. The third-order valence-corrected chi connectivity index (χ3v) is 3.66. The van der Waals surface area contributed by atoms with Crippen LogP contribution in [0.15, 0.2) is 18.2 Å². The molecule has 0 spiro atoms. The first-order chi connectivity index (χ1) is 9.06. The molecule has 0 bridgehead atoms. The molecule has 1 aromatic rings. The Morgan fingerprint density at radius 2 is 1.89 bits per heavy atom. The molecule has 0 atom stereocenters. The Balaban J connectivity index is 1.80. The average molecular weight is 269 g/mol. The van der Waals surface area contributed by atoms with Crippen LogP contribution in [0.2, 0.25) is 0 Å². The molecule has 1 aliphatic carbocycles. The molecule has 1 aromatic carbocycles. The molecular formula is C14H17F2NO2. The molecule has 3 nitrogen and oxygen atoms in total. The van der Waals surface area contributed by atoms with E-state index in [0.717, 1.165) is 18.9 Å². The molecular weight excluding hydrogens is 252 g/mol. The van der Waals surface area contributed by atoms with Crippen LogP contribution < -0.4 is 5.32 Å². The molecule has 0 radical (unpaired) electrons. The molecule has 19 heavy (non-hydrogen) atoms. The Kier molecular flexibility index (Phi) is 4.47. The summed E-state index contributed by atoms with van der Waals surface area (Å²) in [5.41, 5.74) is 0.694. The van der Waals surface area contributed by atoms with Gasteiger partial charge in [0.1, 0.15) is 0 Å². The van der Waals surface area contributed by atoms with Gasteiger partial charge >= 0.3 is 5.97 Å². The highest BCUT2D eigenvalue weighted by atomic mass is 19.2. The third kappa shape index (κ3) is 3.73. The summed E-state index contributed by atoms with van der Waals surface area (Å²) >= 11 is 0. The molecule has 0 unspecified atom stereocenters. The fourth-order valence-corrected chi connectivity index (χ4v) is 2.46. The highest BCUT2D eigenvalue weighted by molar-refractivity contribution is 5.70. The van der Waals surface area contributed by atoms with E-state index in [9.17, 15) is 13.6 Å². The van der Waals surface area contributed by atoms with Crippen molar-refractivity contribution in [2.75, 3.05) is 0 Å². The van der Waals surface area contributed by atoms with Crippen molar-refractivity contribution in [2.45, 2.75) is 38.3 Å². The Labute approximate surface area is 110 Å². The molecule has 1 aliphatic rings. The zero-order chi connectivity index (χ0) is 13.8. The molecule has 0 aliphatic heterocycles. The Morgan fingerprint density at radius 3 is 2.47 bits per heavy atom. The van der Waals surface area contributed by atoms with Gasteiger partial charge in [0.05, 0.1) is 5.92 Å². The number of carboxylic acid groups (broad SMARTS) is 1. The van der Waals surface area contributed by atoms with E-state index in [1.165, 1.54) is 6.07 Å². The summed E-state index contributed by atoms with van der Waals surface area (Å²) in [6.07, 6.45) is 2.96. The van der Waals surface area contributed by atoms with Crippen molar-refractivity contribution in [1.29, 1.82) is 0 Å². The topological polar surface area (TPSA) is 49.3 Å². The lowest BCUT2D eigenvalue weighted by Crippen LogP contribution is -2.34. The van der Waals surface area contributed by atoms with Gasteiger partial charge in [-0.15, -0.1) is 0 Å². The maximum atomic E-state index is 13.0. The van der Waals surface area contributed by atoms with Crippen LogP contribution >= 0.6 is 0 Å². The van der Waals surface area contributed by atoms with Gasteiger partial charge in [0.25, 0.3) is 0 Å². The number of rotatable bonds is 4. The van der Waals surface area contributed by atoms with Gasteiger partial charge in [-0.25, -0.2) is 8.78 Å². The van der Waals surface area contributed by atoms with Gasteiger partial charge in [-0.1, -0.05) is 6.07 Å². The van der Waals surface area contributed by atoms with Crippen molar-refractivity contribution >= 4 is 5.97 Å². The first kappa shape index (κ1) is 13.9. The predicted octanol–water partition coefficient (Wildman–Crippen LogP) is 2.70. The van der Waals surface area contributed by atoms with Crippen LogP contribution in [0.3, 0.4) is 0 Å². The number of carboxylic acids is 1. The summed E-state index contributed by atoms with van der Waals surface area (Å²) in [5.74, 6) is -2.64. The fraction of sp³-hybridized carbons (Fsp3) is 0.500. The SMILES string of the molecule is O=C(O)C1CCC(NCc2ccc(F)c(F)c2)CC1. The van der Waals surface area contributed by atoms with Crippen LogP contribution in [0.4, 0.5) is 8.78 Å². The number of aliphatic carboxylic acids is 1. The van der Waals surface area contributed by atoms with Crippen LogP contribution in [0, 0.1) is 17.6 Å². The van der Waals surface area contributed by atoms with Crippen LogP contribution in [0.25, 0.3) is 0 Å². The second-order valence-electron chi connectivity index (χ2n) is 5.02. The number of nitrogens with one attached hydrogen (secondary N) is 1. The van der Waals surface area contributed by atoms with Crippen LogP contribution in [-0.2, 0) is 11.3 Å². The third-order valence-electron chi connectivity index (χ3n) is 3.66. The standard InChI is InChI=1S/C14H17F2NO2/c15-12-6-1-9(7-13(12)16)8-17-11-4-2-10(3-5-11)14(18)19/h1,6-7,10-11,17H,2-5,8H2,(H,18,19). The zero-order valence-corrected chi connectivity index (χ0v) is 10.5. The Morgan fingerprint density at radius 1 is 1.21 bits per heavy atom. The van der Waals surface area contributed by atoms with Gasteiger partial charge < -0.3 is 10.4 Å². The lowest BCUT2D eigenvalue weighted by atomic mass is 9.86. The summed E-state index contributed by atoms with van der Waals surface area (Å²) in [6.45, 7) is 0.472. The summed E-state index contributed by atoms with van der Waals surface area (Å²) in [5, 5.41) is 12.2. The fourth-order valence-electron chi connectivity index (χ4n) is 2.46. The summed E-state index contributed by atoms with van der Waals surface area (Å²) in [7, 11) is 0.